The van der Waals surface area contributed by atoms with Crippen LogP contribution in [0.15, 0.2) is 18.5 Å². The molecule has 1 aliphatic heterocycles. The maximum Gasteiger partial charge on any atom is 0.141 e. The average molecular weight is 208 g/mol. The Balaban J connectivity index is 1.87. The molecule has 2 heterocycles. The molecule has 4 heteroatoms. The van der Waals surface area contributed by atoms with Crippen LogP contribution in [0.5, 0.6) is 11.5 Å². The Morgan fingerprint density at radius 2 is 2.47 bits per heavy atom. The number of pyridine rings is 1. The summed E-state index contributed by atoms with van der Waals surface area (Å²) in [5, 5.41) is 9.20. The summed E-state index contributed by atoms with van der Waals surface area (Å²) in [5.41, 5.74) is 0. The van der Waals surface area contributed by atoms with E-state index in [2.05, 4.69) is 16.9 Å². The number of likely N-dealkylation sites (N-methyl/N-ethyl adjacent to an activating group) is 1. The van der Waals surface area contributed by atoms with E-state index in [9.17, 15) is 5.11 Å². The van der Waals surface area contributed by atoms with E-state index in [4.69, 9.17) is 4.74 Å². The lowest BCUT2D eigenvalue weighted by molar-refractivity contribution is 0.197. The van der Waals surface area contributed by atoms with E-state index in [1.54, 1.807) is 12.3 Å². The molecule has 1 aromatic rings. The number of rotatable bonds is 3. The molecule has 82 valence electrons. The zero-order valence-corrected chi connectivity index (χ0v) is 8.89. The van der Waals surface area contributed by atoms with Crippen LogP contribution in [0, 0.1) is 0 Å². The first kappa shape index (κ1) is 10.2. The minimum atomic E-state index is 0.146. The normalized spacial score (nSPS) is 21.8. The van der Waals surface area contributed by atoms with Crippen LogP contribution in [0.3, 0.4) is 0 Å². The molecule has 4 nitrogen and oxygen atoms in total. The van der Waals surface area contributed by atoms with Crippen LogP contribution < -0.4 is 4.74 Å². The third kappa shape index (κ3) is 2.59. The van der Waals surface area contributed by atoms with Gasteiger partial charge in [-0.1, -0.05) is 0 Å². The number of hydrogen-bond acceptors (Lipinski definition) is 4. The van der Waals surface area contributed by atoms with E-state index in [0.29, 0.717) is 18.4 Å². The zero-order chi connectivity index (χ0) is 10.7. The first-order valence-electron chi connectivity index (χ1n) is 5.23. The van der Waals surface area contributed by atoms with Gasteiger partial charge >= 0.3 is 0 Å². The zero-order valence-electron chi connectivity index (χ0n) is 8.89. The summed E-state index contributed by atoms with van der Waals surface area (Å²) in [7, 11) is 2.11. The molecule has 0 amide bonds. The van der Waals surface area contributed by atoms with Crippen molar-refractivity contribution in [3.8, 4) is 11.5 Å². The summed E-state index contributed by atoms with van der Waals surface area (Å²) >= 11 is 0. The second kappa shape index (κ2) is 4.49. The average Bonchev–Trinajstić information content (AvgIpc) is 2.61. The molecule has 0 saturated carbocycles. The first-order valence-corrected chi connectivity index (χ1v) is 5.23. The summed E-state index contributed by atoms with van der Waals surface area (Å²) in [6.07, 6.45) is 5.44. The van der Waals surface area contributed by atoms with Gasteiger partial charge in [0.1, 0.15) is 18.1 Å². The number of ether oxygens (including phenoxy) is 1. The van der Waals surface area contributed by atoms with E-state index in [1.165, 1.54) is 19.0 Å². The Bertz CT molecular complexity index is 330. The molecule has 1 aliphatic rings. The summed E-state index contributed by atoms with van der Waals surface area (Å²) in [6, 6.07) is 2.08. The molecule has 1 N–H and O–H groups in total. The topological polar surface area (TPSA) is 45.6 Å². The molecule has 0 bridgehead atoms. The third-order valence-electron chi connectivity index (χ3n) is 2.81. The van der Waals surface area contributed by atoms with Crippen molar-refractivity contribution in [2.45, 2.75) is 18.9 Å². The van der Waals surface area contributed by atoms with Gasteiger partial charge in [0.15, 0.2) is 0 Å². The van der Waals surface area contributed by atoms with Gasteiger partial charge in [0, 0.05) is 12.1 Å². The third-order valence-corrected chi connectivity index (χ3v) is 2.81. The van der Waals surface area contributed by atoms with Crippen LogP contribution in [0.25, 0.3) is 0 Å². The van der Waals surface area contributed by atoms with Gasteiger partial charge in [-0.15, -0.1) is 0 Å². The minimum absolute atomic E-state index is 0.146. The molecule has 1 saturated heterocycles. The predicted molar refractivity (Wildman–Crippen MR) is 57.0 cm³/mol. The molecule has 1 fully saturated rings. The fraction of sp³-hybridized carbons (Fsp3) is 0.545. The van der Waals surface area contributed by atoms with Gasteiger partial charge in [-0.3, -0.25) is 4.98 Å². The molecule has 2 rings (SSSR count). The SMILES string of the molecule is CN1CCC[C@H]1COc1cncc(O)c1. The van der Waals surface area contributed by atoms with Crippen molar-refractivity contribution in [1.82, 2.24) is 9.88 Å². The smallest absolute Gasteiger partial charge is 0.141 e. The molecule has 0 spiro atoms. The van der Waals surface area contributed by atoms with Crippen molar-refractivity contribution in [1.29, 1.82) is 0 Å². The van der Waals surface area contributed by atoms with Gasteiger partial charge in [-0.05, 0) is 26.4 Å². The van der Waals surface area contributed by atoms with Crippen molar-refractivity contribution in [2.75, 3.05) is 20.2 Å². The quantitative estimate of drug-likeness (QED) is 0.812. The van der Waals surface area contributed by atoms with Crippen LogP contribution in [0.1, 0.15) is 12.8 Å². The summed E-state index contributed by atoms with van der Waals surface area (Å²) in [6.45, 7) is 1.81. The Morgan fingerprint density at radius 1 is 1.60 bits per heavy atom. The standard InChI is InChI=1S/C11H16N2O2/c1-13-4-2-3-9(13)8-15-11-5-10(14)6-12-7-11/h5-7,9,14H,2-4,8H2,1H3/t9-/m0/s1. The second-order valence-electron chi connectivity index (χ2n) is 3.97. The highest BCUT2D eigenvalue weighted by molar-refractivity contribution is 5.26. The molecule has 15 heavy (non-hydrogen) atoms. The number of nitrogens with zero attached hydrogens (tertiary/aromatic N) is 2. The lowest BCUT2D eigenvalue weighted by atomic mass is 10.2. The van der Waals surface area contributed by atoms with E-state index < -0.39 is 0 Å². The number of aromatic hydroxyl groups is 1. The lowest BCUT2D eigenvalue weighted by Crippen LogP contribution is -2.30. The molecular weight excluding hydrogens is 192 g/mol. The molecule has 0 aromatic carbocycles. The van der Waals surface area contributed by atoms with Crippen LogP contribution in [-0.4, -0.2) is 41.2 Å². The maximum absolute atomic E-state index is 9.20. The van der Waals surface area contributed by atoms with Crippen molar-refractivity contribution >= 4 is 0 Å². The first-order chi connectivity index (χ1) is 7.25. The van der Waals surface area contributed by atoms with Crippen LogP contribution in [0.4, 0.5) is 0 Å². The van der Waals surface area contributed by atoms with Gasteiger partial charge in [0.2, 0.25) is 0 Å². The molecule has 1 atom stereocenters. The molecule has 0 unspecified atom stereocenters. The maximum atomic E-state index is 9.20. The number of likely N-dealkylation sites (tertiary alicyclic amines) is 1. The van der Waals surface area contributed by atoms with Gasteiger partial charge in [-0.25, -0.2) is 0 Å². The fourth-order valence-corrected chi connectivity index (χ4v) is 1.87. The van der Waals surface area contributed by atoms with E-state index >= 15 is 0 Å². The Labute approximate surface area is 89.5 Å². The number of hydrogen-bond donors (Lipinski definition) is 1. The van der Waals surface area contributed by atoms with Crippen molar-refractivity contribution in [3.05, 3.63) is 18.5 Å². The van der Waals surface area contributed by atoms with Crippen LogP contribution in [0.2, 0.25) is 0 Å². The van der Waals surface area contributed by atoms with E-state index in [-0.39, 0.29) is 5.75 Å². The van der Waals surface area contributed by atoms with Crippen LogP contribution in [-0.2, 0) is 0 Å². The predicted octanol–water partition coefficient (Wildman–Crippen LogP) is 1.26. The highest BCUT2D eigenvalue weighted by atomic mass is 16.5. The van der Waals surface area contributed by atoms with Crippen molar-refractivity contribution in [2.24, 2.45) is 0 Å². The minimum Gasteiger partial charge on any atom is -0.506 e. The van der Waals surface area contributed by atoms with Crippen LogP contribution >= 0.6 is 0 Å². The fourth-order valence-electron chi connectivity index (χ4n) is 1.87. The largest absolute Gasteiger partial charge is 0.506 e. The van der Waals surface area contributed by atoms with Crippen molar-refractivity contribution in [3.63, 3.8) is 0 Å². The summed E-state index contributed by atoms with van der Waals surface area (Å²) < 4.78 is 5.58. The summed E-state index contributed by atoms with van der Waals surface area (Å²) in [4.78, 5) is 6.16. The summed E-state index contributed by atoms with van der Waals surface area (Å²) in [5.74, 6) is 0.780. The van der Waals surface area contributed by atoms with Crippen molar-refractivity contribution < 1.29 is 9.84 Å². The second-order valence-corrected chi connectivity index (χ2v) is 3.97. The molecule has 0 aliphatic carbocycles. The van der Waals surface area contributed by atoms with E-state index in [1.807, 2.05) is 0 Å². The molecule has 1 aromatic heterocycles. The van der Waals surface area contributed by atoms with Gasteiger partial charge in [-0.2, -0.15) is 0 Å². The monoisotopic (exact) mass is 208 g/mol. The van der Waals surface area contributed by atoms with E-state index in [0.717, 1.165) is 6.54 Å². The highest BCUT2D eigenvalue weighted by Gasteiger charge is 2.21. The molecule has 0 radical (unpaired) electrons. The Morgan fingerprint density at radius 3 is 3.13 bits per heavy atom. The Hall–Kier alpha value is -1.29. The van der Waals surface area contributed by atoms with Gasteiger partial charge in [0.05, 0.1) is 12.4 Å². The number of aromatic nitrogens is 1. The van der Waals surface area contributed by atoms with Gasteiger partial charge in [0.25, 0.3) is 0 Å². The van der Waals surface area contributed by atoms with Gasteiger partial charge < -0.3 is 14.7 Å². The Kier molecular flexibility index (Phi) is 3.06. The lowest BCUT2D eigenvalue weighted by Gasteiger charge is -2.19. The molecular formula is C11H16N2O2. The highest BCUT2D eigenvalue weighted by Crippen LogP contribution is 2.19.